The number of nitrogens with two attached hydrogens (primary N) is 1. The molecule has 2 aliphatic rings. The molecule has 0 unspecified atom stereocenters. The molecule has 1 aromatic carbocycles. The second-order valence-electron chi connectivity index (χ2n) is 8.58. The zero-order valence-corrected chi connectivity index (χ0v) is 17.2. The Morgan fingerprint density at radius 3 is 2.43 bits per heavy atom. The molecule has 0 aliphatic heterocycles. The van der Waals surface area contributed by atoms with E-state index in [-0.39, 0.29) is 11.8 Å². The number of benzene rings is 1. The van der Waals surface area contributed by atoms with Gasteiger partial charge in [-0.05, 0) is 73.3 Å². The summed E-state index contributed by atoms with van der Waals surface area (Å²) in [5.41, 5.74) is 6.85. The maximum Gasteiger partial charge on any atom is 0.259 e. The Hall–Kier alpha value is -1.88. The number of primary amides is 1. The maximum atomic E-state index is 12.2. The van der Waals surface area contributed by atoms with Gasteiger partial charge >= 0.3 is 0 Å². The third-order valence-corrected chi connectivity index (χ3v) is 7.85. The molecule has 150 valence electrons. The predicted octanol–water partition coefficient (Wildman–Crippen LogP) is 4.97. The molecule has 3 N–H and O–H groups in total. The van der Waals surface area contributed by atoms with Gasteiger partial charge in [-0.2, -0.15) is 0 Å². The van der Waals surface area contributed by atoms with E-state index in [0.717, 1.165) is 47.4 Å². The maximum absolute atomic E-state index is 12.2. The molecule has 0 radical (unpaired) electrons. The van der Waals surface area contributed by atoms with Crippen LogP contribution in [-0.4, -0.2) is 18.4 Å². The van der Waals surface area contributed by atoms with Crippen molar-refractivity contribution in [2.45, 2.75) is 63.7 Å². The Kier molecular flexibility index (Phi) is 6.00. The Morgan fingerprint density at radius 1 is 1.00 bits per heavy atom. The Morgan fingerprint density at radius 2 is 1.71 bits per heavy atom. The standard InChI is InChI=1S/C23H30N2O2S/c24-23(27)22-21(18-7-3-4-8-19(18)28-22)17-11-9-16(10-12-17)14-25-20(26)13-15-5-1-2-6-15/h3-4,7-8,15-17H,1-2,5-6,9-14H2,(H2,24,27)(H,25,26). The highest BCUT2D eigenvalue weighted by molar-refractivity contribution is 7.21. The third-order valence-electron chi connectivity index (χ3n) is 6.65. The predicted molar refractivity (Wildman–Crippen MR) is 115 cm³/mol. The van der Waals surface area contributed by atoms with E-state index in [1.54, 1.807) is 0 Å². The van der Waals surface area contributed by atoms with E-state index in [1.807, 2.05) is 12.1 Å². The summed E-state index contributed by atoms with van der Waals surface area (Å²) in [6, 6.07) is 8.23. The minimum Gasteiger partial charge on any atom is -0.365 e. The summed E-state index contributed by atoms with van der Waals surface area (Å²) in [5, 5.41) is 4.37. The molecular weight excluding hydrogens is 368 g/mol. The van der Waals surface area contributed by atoms with Crippen molar-refractivity contribution in [2.24, 2.45) is 17.6 Å². The molecule has 1 heterocycles. The van der Waals surface area contributed by atoms with E-state index in [9.17, 15) is 9.59 Å². The summed E-state index contributed by atoms with van der Waals surface area (Å²) in [4.78, 5) is 24.9. The fourth-order valence-corrected chi connectivity index (χ4v) is 6.26. The zero-order chi connectivity index (χ0) is 19.5. The Bertz CT molecular complexity index is 845. The number of carbonyl (C=O) groups is 2. The molecule has 2 saturated carbocycles. The van der Waals surface area contributed by atoms with Crippen LogP contribution in [0.15, 0.2) is 24.3 Å². The molecule has 1 aromatic heterocycles. The summed E-state index contributed by atoms with van der Waals surface area (Å²) in [6.45, 7) is 0.797. The van der Waals surface area contributed by atoms with Gasteiger partial charge in [0, 0.05) is 17.7 Å². The van der Waals surface area contributed by atoms with Crippen LogP contribution in [0.25, 0.3) is 10.1 Å². The first-order chi connectivity index (χ1) is 13.6. The van der Waals surface area contributed by atoms with Crippen LogP contribution in [0.3, 0.4) is 0 Å². The number of hydrogen-bond donors (Lipinski definition) is 2. The number of carbonyl (C=O) groups excluding carboxylic acids is 2. The topological polar surface area (TPSA) is 72.2 Å². The second-order valence-corrected chi connectivity index (χ2v) is 9.63. The Balaban J connectivity index is 1.34. The van der Waals surface area contributed by atoms with E-state index in [4.69, 9.17) is 5.73 Å². The van der Waals surface area contributed by atoms with Crippen molar-refractivity contribution in [3.05, 3.63) is 34.7 Å². The van der Waals surface area contributed by atoms with Crippen molar-refractivity contribution >= 4 is 33.2 Å². The first-order valence-electron chi connectivity index (χ1n) is 10.7. The SMILES string of the molecule is NC(=O)c1sc2ccccc2c1C1CCC(CNC(=O)CC2CCCC2)CC1. The monoisotopic (exact) mass is 398 g/mol. The number of nitrogens with one attached hydrogen (secondary N) is 1. The molecule has 2 amide bonds. The van der Waals surface area contributed by atoms with Crippen molar-refractivity contribution in [3.8, 4) is 0 Å². The number of thiophene rings is 1. The van der Waals surface area contributed by atoms with Crippen LogP contribution in [0.2, 0.25) is 0 Å². The molecule has 0 saturated heterocycles. The van der Waals surface area contributed by atoms with Gasteiger partial charge in [0.1, 0.15) is 0 Å². The lowest BCUT2D eigenvalue weighted by Gasteiger charge is -2.29. The van der Waals surface area contributed by atoms with Crippen LogP contribution in [0.5, 0.6) is 0 Å². The largest absolute Gasteiger partial charge is 0.365 e. The van der Waals surface area contributed by atoms with Gasteiger partial charge in [-0.25, -0.2) is 0 Å². The van der Waals surface area contributed by atoms with E-state index in [0.29, 0.717) is 24.2 Å². The third kappa shape index (κ3) is 4.24. The van der Waals surface area contributed by atoms with Gasteiger partial charge in [0.2, 0.25) is 5.91 Å². The van der Waals surface area contributed by atoms with Gasteiger partial charge in [-0.1, -0.05) is 31.0 Å². The Labute approximate surface area is 170 Å². The lowest BCUT2D eigenvalue weighted by Crippen LogP contribution is -2.32. The highest BCUT2D eigenvalue weighted by atomic mass is 32.1. The lowest BCUT2D eigenvalue weighted by atomic mass is 9.77. The second kappa shape index (κ2) is 8.64. The molecule has 28 heavy (non-hydrogen) atoms. The number of amides is 2. The van der Waals surface area contributed by atoms with Gasteiger partial charge in [0.05, 0.1) is 4.88 Å². The molecule has 5 heteroatoms. The van der Waals surface area contributed by atoms with Crippen LogP contribution >= 0.6 is 11.3 Å². The van der Waals surface area contributed by atoms with Gasteiger partial charge < -0.3 is 11.1 Å². The van der Waals surface area contributed by atoms with Gasteiger partial charge in [0.25, 0.3) is 5.91 Å². The normalized spacial score (nSPS) is 23.1. The highest BCUT2D eigenvalue weighted by Gasteiger charge is 2.28. The van der Waals surface area contributed by atoms with Gasteiger partial charge in [-0.15, -0.1) is 11.3 Å². The molecule has 0 spiro atoms. The van der Waals surface area contributed by atoms with Gasteiger partial charge in [0.15, 0.2) is 0 Å². The van der Waals surface area contributed by atoms with Crippen LogP contribution in [0, 0.1) is 11.8 Å². The highest BCUT2D eigenvalue weighted by Crippen LogP contribution is 2.43. The fourth-order valence-electron chi connectivity index (χ4n) is 5.12. The summed E-state index contributed by atoms with van der Waals surface area (Å²) < 4.78 is 1.15. The van der Waals surface area contributed by atoms with Crippen molar-refractivity contribution in [2.75, 3.05) is 6.54 Å². The van der Waals surface area contributed by atoms with E-state index in [1.165, 1.54) is 42.4 Å². The number of fused-ring (bicyclic) bond motifs is 1. The van der Waals surface area contributed by atoms with Crippen molar-refractivity contribution in [1.29, 1.82) is 0 Å². The average Bonchev–Trinajstić information content (AvgIpc) is 3.34. The molecule has 0 atom stereocenters. The quantitative estimate of drug-likeness (QED) is 0.721. The van der Waals surface area contributed by atoms with Crippen molar-refractivity contribution < 1.29 is 9.59 Å². The molecule has 0 bridgehead atoms. The van der Waals surface area contributed by atoms with Crippen LogP contribution < -0.4 is 11.1 Å². The first kappa shape index (κ1) is 19.4. The van der Waals surface area contributed by atoms with Crippen LogP contribution in [0.4, 0.5) is 0 Å². The van der Waals surface area contributed by atoms with Crippen LogP contribution in [-0.2, 0) is 4.79 Å². The molecule has 4 nitrogen and oxygen atoms in total. The van der Waals surface area contributed by atoms with E-state index >= 15 is 0 Å². The molecule has 2 fully saturated rings. The van der Waals surface area contributed by atoms with E-state index in [2.05, 4.69) is 17.4 Å². The fraction of sp³-hybridized carbons (Fsp3) is 0.565. The van der Waals surface area contributed by atoms with Gasteiger partial charge in [-0.3, -0.25) is 9.59 Å². The molecule has 2 aromatic rings. The molecular formula is C23H30N2O2S. The summed E-state index contributed by atoms with van der Waals surface area (Å²) in [5.74, 6) is 1.47. The summed E-state index contributed by atoms with van der Waals surface area (Å²) in [6.07, 6.45) is 10.0. The smallest absolute Gasteiger partial charge is 0.259 e. The first-order valence-corrected chi connectivity index (χ1v) is 11.5. The minimum atomic E-state index is -0.308. The van der Waals surface area contributed by atoms with Crippen molar-refractivity contribution in [3.63, 3.8) is 0 Å². The summed E-state index contributed by atoms with van der Waals surface area (Å²) in [7, 11) is 0. The minimum absolute atomic E-state index is 0.230. The zero-order valence-electron chi connectivity index (χ0n) is 16.4. The lowest BCUT2D eigenvalue weighted by molar-refractivity contribution is -0.122. The summed E-state index contributed by atoms with van der Waals surface area (Å²) >= 11 is 1.52. The number of rotatable bonds is 6. The molecule has 4 rings (SSSR count). The van der Waals surface area contributed by atoms with Crippen molar-refractivity contribution in [1.82, 2.24) is 5.32 Å². The number of hydrogen-bond acceptors (Lipinski definition) is 3. The van der Waals surface area contributed by atoms with Crippen LogP contribution in [0.1, 0.15) is 78.9 Å². The average molecular weight is 399 g/mol. The molecule has 2 aliphatic carbocycles. The van der Waals surface area contributed by atoms with E-state index < -0.39 is 0 Å².